The number of carbonyl (C=O) groups is 1. The van der Waals surface area contributed by atoms with Crippen molar-refractivity contribution < 1.29 is 4.79 Å². The highest BCUT2D eigenvalue weighted by Gasteiger charge is 2.08. The fraction of sp³-hybridized carbons (Fsp3) is 0.235. The Labute approximate surface area is 130 Å². The highest BCUT2D eigenvalue weighted by molar-refractivity contribution is 6.33. The van der Waals surface area contributed by atoms with Gasteiger partial charge in [0.05, 0.1) is 17.3 Å². The standard InChI is InChI=1S/C17H19ClN2O/c1-12(2)13-7-3-5-9-15(13)19-11-17(21)20-16-10-6-4-8-14(16)18/h3-10,12,19H,11H2,1-2H3,(H,20,21). The van der Waals surface area contributed by atoms with E-state index in [1.807, 2.05) is 30.3 Å². The molecule has 0 saturated heterocycles. The summed E-state index contributed by atoms with van der Waals surface area (Å²) in [5.74, 6) is 0.280. The molecule has 0 unspecified atom stereocenters. The summed E-state index contributed by atoms with van der Waals surface area (Å²) in [4.78, 5) is 12.0. The lowest BCUT2D eigenvalue weighted by molar-refractivity contribution is -0.114. The second kappa shape index (κ2) is 7.14. The van der Waals surface area contributed by atoms with Crippen molar-refractivity contribution in [2.75, 3.05) is 17.2 Å². The third-order valence-corrected chi connectivity index (χ3v) is 3.50. The Balaban J connectivity index is 1.97. The number of halogens is 1. The molecule has 110 valence electrons. The predicted octanol–water partition coefficient (Wildman–Crippen LogP) is 4.51. The van der Waals surface area contributed by atoms with Gasteiger partial charge in [-0.05, 0) is 29.7 Å². The molecule has 0 fully saturated rings. The fourth-order valence-electron chi connectivity index (χ4n) is 2.09. The van der Waals surface area contributed by atoms with Crippen molar-refractivity contribution in [3.63, 3.8) is 0 Å². The van der Waals surface area contributed by atoms with Crippen molar-refractivity contribution in [3.05, 3.63) is 59.1 Å². The molecule has 0 spiro atoms. The summed E-state index contributed by atoms with van der Waals surface area (Å²) in [6.07, 6.45) is 0. The molecule has 3 nitrogen and oxygen atoms in total. The molecule has 0 aromatic heterocycles. The van der Waals surface area contributed by atoms with E-state index in [1.54, 1.807) is 12.1 Å². The minimum absolute atomic E-state index is 0.123. The molecule has 0 aliphatic rings. The Morgan fingerprint density at radius 3 is 2.33 bits per heavy atom. The van der Waals surface area contributed by atoms with Crippen LogP contribution in [0.15, 0.2) is 48.5 Å². The first kappa shape index (κ1) is 15.4. The van der Waals surface area contributed by atoms with Gasteiger partial charge < -0.3 is 10.6 Å². The van der Waals surface area contributed by atoms with E-state index in [1.165, 1.54) is 5.56 Å². The zero-order valence-electron chi connectivity index (χ0n) is 12.2. The Morgan fingerprint density at radius 1 is 1.05 bits per heavy atom. The lowest BCUT2D eigenvalue weighted by Crippen LogP contribution is -2.22. The molecule has 1 amide bonds. The molecule has 4 heteroatoms. The molecule has 0 radical (unpaired) electrons. The highest BCUT2D eigenvalue weighted by atomic mass is 35.5. The van der Waals surface area contributed by atoms with Gasteiger partial charge in [-0.3, -0.25) is 4.79 Å². The average molecular weight is 303 g/mol. The molecular weight excluding hydrogens is 284 g/mol. The largest absolute Gasteiger partial charge is 0.376 e. The van der Waals surface area contributed by atoms with Crippen molar-refractivity contribution >= 4 is 28.9 Å². The van der Waals surface area contributed by atoms with E-state index in [-0.39, 0.29) is 12.5 Å². The fourth-order valence-corrected chi connectivity index (χ4v) is 2.28. The van der Waals surface area contributed by atoms with E-state index in [9.17, 15) is 4.79 Å². The SMILES string of the molecule is CC(C)c1ccccc1NCC(=O)Nc1ccccc1Cl. The van der Waals surface area contributed by atoms with Gasteiger partial charge in [0.25, 0.3) is 0 Å². The zero-order valence-corrected chi connectivity index (χ0v) is 12.9. The first-order valence-electron chi connectivity index (χ1n) is 6.95. The van der Waals surface area contributed by atoms with E-state index in [0.29, 0.717) is 16.6 Å². The van der Waals surface area contributed by atoms with Gasteiger partial charge in [-0.2, -0.15) is 0 Å². The molecule has 21 heavy (non-hydrogen) atoms. The first-order chi connectivity index (χ1) is 10.1. The smallest absolute Gasteiger partial charge is 0.243 e. The van der Waals surface area contributed by atoms with Crippen LogP contribution in [-0.2, 0) is 4.79 Å². The number of anilines is 2. The van der Waals surface area contributed by atoms with Crippen LogP contribution in [0.2, 0.25) is 5.02 Å². The molecule has 2 N–H and O–H groups in total. The summed E-state index contributed by atoms with van der Waals surface area (Å²) < 4.78 is 0. The Morgan fingerprint density at radius 2 is 1.67 bits per heavy atom. The van der Waals surface area contributed by atoms with Gasteiger partial charge in [0.15, 0.2) is 0 Å². The number of hydrogen-bond donors (Lipinski definition) is 2. The molecular formula is C17H19ClN2O. The van der Waals surface area contributed by atoms with Gasteiger partial charge >= 0.3 is 0 Å². The Kier molecular flexibility index (Phi) is 5.23. The minimum atomic E-state index is -0.123. The van der Waals surface area contributed by atoms with Crippen LogP contribution < -0.4 is 10.6 Å². The maximum absolute atomic E-state index is 12.0. The number of amides is 1. The van der Waals surface area contributed by atoms with Crippen LogP contribution in [0.3, 0.4) is 0 Å². The van der Waals surface area contributed by atoms with Crippen LogP contribution in [0.5, 0.6) is 0 Å². The molecule has 0 heterocycles. The highest BCUT2D eigenvalue weighted by Crippen LogP contribution is 2.24. The van der Waals surface area contributed by atoms with E-state index in [0.717, 1.165) is 5.69 Å². The molecule has 2 rings (SSSR count). The third kappa shape index (κ3) is 4.23. The van der Waals surface area contributed by atoms with E-state index < -0.39 is 0 Å². The predicted molar refractivity (Wildman–Crippen MR) is 89.1 cm³/mol. The Bertz CT molecular complexity index is 626. The van der Waals surface area contributed by atoms with Crippen molar-refractivity contribution in [3.8, 4) is 0 Å². The first-order valence-corrected chi connectivity index (χ1v) is 7.33. The van der Waals surface area contributed by atoms with Gasteiger partial charge in [-0.25, -0.2) is 0 Å². The molecule has 0 aliphatic carbocycles. The maximum Gasteiger partial charge on any atom is 0.243 e. The van der Waals surface area contributed by atoms with E-state index in [4.69, 9.17) is 11.6 Å². The monoisotopic (exact) mass is 302 g/mol. The molecule has 0 aliphatic heterocycles. The topological polar surface area (TPSA) is 41.1 Å². The van der Waals surface area contributed by atoms with Crippen LogP contribution in [0.25, 0.3) is 0 Å². The summed E-state index contributed by atoms with van der Waals surface area (Å²) in [6.45, 7) is 4.46. The third-order valence-electron chi connectivity index (χ3n) is 3.17. The summed E-state index contributed by atoms with van der Waals surface area (Å²) in [5, 5.41) is 6.51. The quantitative estimate of drug-likeness (QED) is 0.853. The summed E-state index contributed by atoms with van der Waals surface area (Å²) in [7, 11) is 0. The van der Waals surface area contributed by atoms with Crippen LogP contribution in [0.1, 0.15) is 25.3 Å². The van der Waals surface area contributed by atoms with Crippen LogP contribution in [0.4, 0.5) is 11.4 Å². The number of carbonyl (C=O) groups excluding carboxylic acids is 1. The lowest BCUT2D eigenvalue weighted by Gasteiger charge is -2.14. The molecule has 0 atom stereocenters. The number of para-hydroxylation sites is 2. The van der Waals surface area contributed by atoms with Gasteiger partial charge in [0.2, 0.25) is 5.91 Å². The molecule has 2 aromatic carbocycles. The van der Waals surface area contributed by atoms with Gasteiger partial charge in [-0.15, -0.1) is 0 Å². The van der Waals surface area contributed by atoms with Crippen LogP contribution >= 0.6 is 11.6 Å². The van der Waals surface area contributed by atoms with Crippen molar-refractivity contribution in [2.45, 2.75) is 19.8 Å². The van der Waals surface area contributed by atoms with Crippen molar-refractivity contribution in [1.82, 2.24) is 0 Å². The molecule has 0 saturated carbocycles. The second-order valence-corrected chi connectivity index (χ2v) is 5.53. The van der Waals surface area contributed by atoms with E-state index in [2.05, 4.69) is 30.5 Å². The maximum atomic E-state index is 12.0. The summed E-state index contributed by atoms with van der Waals surface area (Å²) >= 11 is 6.02. The minimum Gasteiger partial charge on any atom is -0.376 e. The number of hydrogen-bond acceptors (Lipinski definition) is 2. The molecule has 0 bridgehead atoms. The van der Waals surface area contributed by atoms with E-state index >= 15 is 0 Å². The molecule has 2 aromatic rings. The Hall–Kier alpha value is -2.00. The summed E-state index contributed by atoms with van der Waals surface area (Å²) in [5.41, 5.74) is 2.81. The van der Waals surface area contributed by atoms with Gasteiger partial charge in [-0.1, -0.05) is 55.8 Å². The van der Waals surface area contributed by atoms with Gasteiger partial charge in [0.1, 0.15) is 0 Å². The zero-order chi connectivity index (χ0) is 15.2. The normalized spacial score (nSPS) is 10.5. The van der Waals surface area contributed by atoms with Crippen molar-refractivity contribution in [1.29, 1.82) is 0 Å². The number of nitrogens with one attached hydrogen (secondary N) is 2. The van der Waals surface area contributed by atoms with Crippen LogP contribution in [-0.4, -0.2) is 12.5 Å². The summed E-state index contributed by atoms with van der Waals surface area (Å²) in [6, 6.07) is 15.2. The lowest BCUT2D eigenvalue weighted by atomic mass is 10.0. The number of rotatable bonds is 5. The second-order valence-electron chi connectivity index (χ2n) is 5.12. The van der Waals surface area contributed by atoms with Gasteiger partial charge in [0, 0.05) is 5.69 Å². The van der Waals surface area contributed by atoms with Crippen LogP contribution in [0, 0.1) is 0 Å². The number of benzene rings is 2. The average Bonchev–Trinajstić information content (AvgIpc) is 2.48. The van der Waals surface area contributed by atoms with Crippen molar-refractivity contribution in [2.24, 2.45) is 0 Å².